The van der Waals surface area contributed by atoms with Gasteiger partial charge < -0.3 is 10.6 Å². The number of rotatable bonds is 4. The number of ketones is 1. The molecule has 4 atom stereocenters. The minimum atomic E-state index is -1.65. The van der Waals surface area contributed by atoms with Crippen molar-refractivity contribution in [3.8, 4) is 6.07 Å². The van der Waals surface area contributed by atoms with E-state index in [1.807, 2.05) is 60.4 Å². The van der Waals surface area contributed by atoms with Crippen LogP contribution in [-0.4, -0.2) is 28.8 Å². The lowest BCUT2D eigenvalue weighted by atomic mass is 9.68. The zero-order valence-electron chi connectivity index (χ0n) is 18.1. The standard InChI is InChI=1S/C27H22N4O2/c1-17-8-10-19(11-9-17)25(32)24-23(20-6-4-14-30-15-20)27(16-28,26(29)33)22-13-12-18-5-2-3-7-21(18)31(22)24/h2-15,22-24H,1H3,(H2,29,33)/t22-,23-,24-,27-/m0/s1. The molecule has 0 unspecified atom stereocenters. The van der Waals surface area contributed by atoms with E-state index in [0.29, 0.717) is 11.1 Å². The van der Waals surface area contributed by atoms with Crippen LogP contribution in [0.3, 0.4) is 0 Å². The average Bonchev–Trinajstić information content (AvgIpc) is 3.16. The Morgan fingerprint density at radius 1 is 1.09 bits per heavy atom. The minimum absolute atomic E-state index is 0.169. The van der Waals surface area contributed by atoms with Gasteiger partial charge in [-0.05, 0) is 30.2 Å². The number of benzene rings is 2. The highest BCUT2D eigenvalue weighted by atomic mass is 16.1. The van der Waals surface area contributed by atoms with Crippen molar-refractivity contribution in [1.29, 1.82) is 5.26 Å². The molecule has 6 nitrogen and oxygen atoms in total. The molecule has 0 saturated carbocycles. The number of carbonyl (C=O) groups is 2. The van der Waals surface area contributed by atoms with Gasteiger partial charge in [0.2, 0.25) is 5.91 Å². The third-order valence-corrected chi connectivity index (χ3v) is 6.79. The molecule has 2 aliphatic heterocycles. The molecule has 162 valence electrons. The number of hydrogen-bond donors (Lipinski definition) is 1. The van der Waals surface area contributed by atoms with Crippen LogP contribution in [0.4, 0.5) is 5.69 Å². The predicted octanol–water partition coefficient (Wildman–Crippen LogP) is 3.64. The van der Waals surface area contributed by atoms with Crippen LogP contribution in [-0.2, 0) is 4.79 Å². The molecule has 1 amide bonds. The van der Waals surface area contributed by atoms with E-state index in [1.165, 1.54) is 0 Å². The predicted molar refractivity (Wildman–Crippen MR) is 125 cm³/mol. The summed E-state index contributed by atoms with van der Waals surface area (Å²) in [7, 11) is 0. The van der Waals surface area contributed by atoms with Crippen molar-refractivity contribution in [3.63, 3.8) is 0 Å². The van der Waals surface area contributed by atoms with E-state index in [4.69, 9.17) is 5.73 Å². The molecule has 0 radical (unpaired) electrons. The summed E-state index contributed by atoms with van der Waals surface area (Å²) in [6.07, 6.45) is 6.95. The highest BCUT2D eigenvalue weighted by Crippen LogP contribution is 2.55. The van der Waals surface area contributed by atoms with Crippen LogP contribution >= 0.6 is 0 Å². The first-order valence-electron chi connectivity index (χ1n) is 10.8. The van der Waals surface area contributed by atoms with Crippen LogP contribution in [0.1, 0.15) is 33.0 Å². The molecule has 3 aromatic rings. The lowest BCUT2D eigenvalue weighted by molar-refractivity contribution is -0.125. The van der Waals surface area contributed by atoms with Gasteiger partial charge in [-0.15, -0.1) is 0 Å². The molecule has 1 saturated heterocycles. The monoisotopic (exact) mass is 434 g/mol. The molecule has 0 bridgehead atoms. The van der Waals surface area contributed by atoms with Crippen LogP contribution in [0.25, 0.3) is 6.08 Å². The number of fused-ring (bicyclic) bond motifs is 3. The molecule has 0 aliphatic carbocycles. The molecule has 0 spiro atoms. The summed E-state index contributed by atoms with van der Waals surface area (Å²) in [6.45, 7) is 1.96. The second-order valence-corrected chi connectivity index (χ2v) is 8.55. The van der Waals surface area contributed by atoms with Crippen molar-refractivity contribution in [1.82, 2.24) is 4.98 Å². The second-order valence-electron chi connectivity index (χ2n) is 8.55. The summed E-state index contributed by atoms with van der Waals surface area (Å²) in [5.74, 6) is -1.72. The first-order chi connectivity index (χ1) is 16.0. The van der Waals surface area contributed by atoms with Gasteiger partial charge >= 0.3 is 0 Å². The SMILES string of the molecule is Cc1ccc(C(=O)[C@@H]2[C@H](c3cccnc3)[C@@](C#N)(C(N)=O)[C@@H]3C=Cc4ccccc4N23)cc1. The number of amides is 1. The quantitative estimate of drug-likeness (QED) is 0.632. The summed E-state index contributed by atoms with van der Waals surface area (Å²) in [6, 6.07) is 19.3. The number of carbonyl (C=O) groups excluding carboxylic acids is 2. The number of Topliss-reactive ketones (excluding diaryl/α,β-unsaturated/α-hetero) is 1. The number of aromatic nitrogens is 1. The van der Waals surface area contributed by atoms with E-state index in [0.717, 1.165) is 16.8 Å². The average molecular weight is 434 g/mol. The zero-order valence-corrected chi connectivity index (χ0v) is 18.1. The van der Waals surface area contributed by atoms with Gasteiger partial charge in [-0.1, -0.05) is 66.2 Å². The summed E-state index contributed by atoms with van der Waals surface area (Å²) >= 11 is 0. The van der Waals surface area contributed by atoms with Crippen LogP contribution in [0, 0.1) is 23.7 Å². The number of nitrogens with zero attached hydrogens (tertiary/aromatic N) is 3. The fourth-order valence-electron chi connectivity index (χ4n) is 5.25. The fraction of sp³-hybridized carbons (Fsp3) is 0.185. The molecule has 2 aromatic carbocycles. The second kappa shape index (κ2) is 7.72. The molecule has 2 N–H and O–H groups in total. The largest absolute Gasteiger partial charge is 0.368 e. The number of anilines is 1. The Labute approximate surface area is 192 Å². The Bertz CT molecular complexity index is 1310. The minimum Gasteiger partial charge on any atom is -0.368 e. The highest BCUT2D eigenvalue weighted by molar-refractivity contribution is 6.06. The van der Waals surface area contributed by atoms with Crippen molar-refractivity contribution in [2.75, 3.05) is 4.90 Å². The van der Waals surface area contributed by atoms with E-state index < -0.39 is 29.3 Å². The van der Waals surface area contributed by atoms with Crippen LogP contribution in [0.15, 0.2) is 79.1 Å². The highest BCUT2D eigenvalue weighted by Gasteiger charge is 2.65. The maximum atomic E-state index is 14.1. The summed E-state index contributed by atoms with van der Waals surface area (Å²) < 4.78 is 0. The molecule has 1 aromatic heterocycles. The number of aryl methyl sites for hydroxylation is 1. The Morgan fingerprint density at radius 2 is 1.85 bits per heavy atom. The molecular weight excluding hydrogens is 412 g/mol. The van der Waals surface area contributed by atoms with Gasteiger partial charge in [-0.3, -0.25) is 14.6 Å². The molecular formula is C27H22N4O2. The van der Waals surface area contributed by atoms with Gasteiger partial charge in [-0.25, -0.2) is 0 Å². The first-order valence-corrected chi connectivity index (χ1v) is 10.8. The molecule has 6 heteroatoms. The Kier molecular flexibility index (Phi) is 4.83. The van der Waals surface area contributed by atoms with Gasteiger partial charge in [-0.2, -0.15) is 5.26 Å². The first kappa shape index (κ1) is 20.7. The van der Waals surface area contributed by atoms with Gasteiger partial charge in [0, 0.05) is 29.6 Å². The zero-order chi connectivity index (χ0) is 23.2. The van der Waals surface area contributed by atoms with Crippen LogP contribution in [0.2, 0.25) is 0 Å². The Balaban J connectivity index is 1.80. The third-order valence-electron chi connectivity index (χ3n) is 6.79. The molecule has 2 aliphatic rings. The third kappa shape index (κ3) is 2.97. The topological polar surface area (TPSA) is 100 Å². The fourth-order valence-corrected chi connectivity index (χ4v) is 5.25. The lowest BCUT2D eigenvalue weighted by Gasteiger charge is -2.36. The number of nitriles is 1. The number of primary amides is 1. The number of para-hydroxylation sites is 1. The van der Waals surface area contributed by atoms with Crippen molar-refractivity contribution < 1.29 is 9.59 Å². The lowest BCUT2D eigenvalue weighted by Crippen LogP contribution is -2.49. The van der Waals surface area contributed by atoms with E-state index in [2.05, 4.69) is 11.1 Å². The van der Waals surface area contributed by atoms with Crippen molar-refractivity contribution >= 4 is 23.5 Å². The van der Waals surface area contributed by atoms with Gasteiger partial charge in [0.25, 0.3) is 0 Å². The van der Waals surface area contributed by atoms with E-state index >= 15 is 0 Å². The maximum absolute atomic E-state index is 14.1. The number of pyridine rings is 1. The van der Waals surface area contributed by atoms with E-state index in [-0.39, 0.29) is 5.78 Å². The molecule has 33 heavy (non-hydrogen) atoms. The number of hydrogen-bond acceptors (Lipinski definition) is 5. The van der Waals surface area contributed by atoms with Crippen molar-refractivity contribution in [2.45, 2.75) is 24.9 Å². The van der Waals surface area contributed by atoms with Gasteiger partial charge in [0.05, 0.1) is 12.1 Å². The smallest absolute Gasteiger partial charge is 0.241 e. The van der Waals surface area contributed by atoms with Gasteiger partial charge in [0.15, 0.2) is 11.2 Å². The normalized spacial score (nSPS) is 25.1. The van der Waals surface area contributed by atoms with Crippen molar-refractivity contribution in [3.05, 3.63) is 101 Å². The molecule has 1 fully saturated rings. The summed E-state index contributed by atoms with van der Waals surface area (Å²) in [5.41, 5.74) is 8.20. The number of nitrogens with two attached hydrogens (primary N) is 1. The van der Waals surface area contributed by atoms with E-state index in [1.54, 1.807) is 36.7 Å². The summed E-state index contributed by atoms with van der Waals surface area (Å²) in [5, 5.41) is 10.5. The molecule has 5 rings (SSSR count). The van der Waals surface area contributed by atoms with Gasteiger partial charge in [0.1, 0.15) is 6.04 Å². The Morgan fingerprint density at radius 3 is 2.52 bits per heavy atom. The maximum Gasteiger partial charge on any atom is 0.241 e. The van der Waals surface area contributed by atoms with E-state index in [9.17, 15) is 14.9 Å². The van der Waals surface area contributed by atoms with Crippen molar-refractivity contribution in [2.24, 2.45) is 11.1 Å². The Hall–Kier alpha value is -4.24. The van der Waals surface area contributed by atoms with Crippen LogP contribution < -0.4 is 10.6 Å². The van der Waals surface area contributed by atoms with Crippen LogP contribution in [0.5, 0.6) is 0 Å². The summed E-state index contributed by atoms with van der Waals surface area (Å²) in [4.78, 5) is 33.3. The molecule has 3 heterocycles.